The van der Waals surface area contributed by atoms with Crippen LogP contribution in [0.5, 0.6) is 0 Å². The van der Waals surface area contributed by atoms with Gasteiger partial charge in [0, 0.05) is 11.4 Å². The number of fused-ring (bicyclic) bond motifs is 1. The van der Waals surface area contributed by atoms with Crippen LogP contribution < -0.4 is 5.32 Å². The van der Waals surface area contributed by atoms with Crippen molar-refractivity contribution in [1.82, 2.24) is 19.9 Å². The summed E-state index contributed by atoms with van der Waals surface area (Å²) >= 11 is 0. The van der Waals surface area contributed by atoms with E-state index in [9.17, 15) is 4.79 Å². The van der Waals surface area contributed by atoms with Crippen molar-refractivity contribution in [1.29, 1.82) is 0 Å². The maximum absolute atomic E-state index is 12.6. The molecule has 3 aromatic rings. The molecule has 0 radical (unpaired) electrons. The second kappa shape index (κ2) is 5.83. The van der Waals surface area contributed by atoms with E-state index in [0.29, 0.717) is 11.2 Å². The van der Waals surface area contributed by atoms with E-state index in [2.05, 4.69) is 15.4 Å². The predicted octanol–water partition coefficient (Wildman–Crippen LogP) is 3.15. The molecule has 0 saturated carbocycles. The van der Waals surface area contributed by atoms with E-state index < -0.39 is 0 Å². The lowest BCUT2D eigenvalue weighted by Gasteiger charge is -2.14. The van der Waals surface area contributed by atoms with Crippen LogP contribution >= 0.6 is 0 Å². The Morgan fingerprint density at radius 3 is 2.57 bits per heavy atom. The third-order valence-corrected chi connectivity index (χ3v) is 3.95. The number of aryl methyl sites for hydroxylation is 3. The summed E-state index contributed by atoms with van der Waals surface area (Å²) in [6, 6.07) is 10.0. The van der Waals surface area contributed by atoms with E-state index >= 15 is 0 Å². The highest BCUT2D eigenvalue weighted by Gasteiger charge is 2.17. The maximum atomic E-state index is 12.6. The Balaban J connectivity index is 1.87. The lowest BCUT2D eigenvalue weighted by Crippen LogP contribution is -2.26. The van der Waals surface area contributed by atoms with E-state index in [0.717, 1.165) is 17.0 Å². The van der Waals surface area contributed by atoms with E-state index in [1.807, 2.05) is 58.0 Å². The molecule has 0 bridgehead atoms. The molecule has 0 aliphatic carbocycles. The lowest BCUT2D eigenvalue weighted by atomic mass is 10.1. The van der Waals surface area contributed by atoms with E-state index in [4.69, 9.17) is 0 Å². The van der Waals surface area contributed by atoms with Gasteiger partial charge >= 0.3 is 0 Å². The van der Waals surface area contributed by atoms with Crippen LogP contribution in [0, 0.1) is 20.8 Å². The molecule has 0 aliphatic heterocycles. The molecule has 5 heteroatoms. The van der Waals surface area contributed by atoms with Crippen molar-refractivity contribution in [3.63, 3.8) is 0 Å². The quantitative estimate of drug-likeness (QED) is 0.808. The Morgan fingerprint density at radius 1 is 1.17 bits per heavy atom. The van der Waals surface area contributed by atoms with E-state index in [-0.39, 0.29) is 11.9 Å². The topological polar surface area (TPSA) is 59.3 Å². The number of hydrogen-bond donors (Lipinski definition) is 1. The summed E-state index contributed by atoms with van der Waals surface area (Å²) in [6.45, 7) is 7.88. The average molecular weight is 308 g/mol. The number of nitrogens with one attached hydrogen (secondary N) is 1. The standard InChI is InChI=1S/C18H20N4O/c1-11-5-7-15(8-6-11)14(4)21-18(23)16-10-19-22-13(3)9-12(2)20-17(16)22/h5-10,14H,1-4H3,(H,21,23). The summed E-state index contributed by atoms with van der Waals surface area (Å²) in [4.78, 5) is 17.0. The normalized spacial score (nSPS) is 12.3. The Morgan fingerprint density at radius 2 is 1.87 bits per heavy atom. The van der Waals surface area contributed by atoms with Crippen molar-refractivity contribution in [2.24, 2.45) is 0 Å². The monoisotopic (exact) mass is 308 g/mol. The molecule has 0 fully saturated rings. The van der Waals surface area contributed by atoms with E-state index in [1.165, 1.54) is 5.56 Å². The van der Waals surface area contributed by atoms with Gasteiger partial charge in [-0.1, -0.05) is 29.8 Å². The van der Waals surface area contributed by atoms with Gasteiger partial charge in [0.25, 0.3) is 5.91 Å². The molecule has 0 aliphatic rings. The molecule has 23 heavy (non-hydrogen) atoms. The summed E-state index contributed by atoms with van der Waals surface area (Å²) < 4.78 is 1.69. The summed E-state index contributed by atoms with van der Waals surface area (Å²) in [6.07, 6.45) is 1.58. The van der Waals surface area contributed by atoms with E-state index in [1.54, 1.807) is 10.7 Å². The van der Waals surface area contributed by atoms with Gasteiger partial charge in [0.2, 0.25) is 0 Å². The van der Waals surface area contributed by atoms with Gasteiger partial charge in [0.05, 0.1) is 12.2 Å². The number of rotatable bonds is 3. The van der Waals surface area contributed by atoms with Gasteiger partial charge in [-0.2, -0.15) is 5.10 Å². The van der Waals surface area contributed by atoms with Crippen molar-refractivity contribution >= 4 is 11.6 Å². The molecular formula is C18H20N4O. The summed E-state index contributed by atoms with van der Waals surface area (Å²) in [5.74, 6) is -0.162. The van der Waals surface area contributed by atoms with Crippen molar-refractivity contribution in [3.05, 3.63) is 64.6 Å². The molecule has 1 amide bonds. The molecule has 0 spiro atoms. The average Bonchev–Trinajstić information content (AvgIpc) is 2.91. The summed E-state index contributed by atoms with van der Waals surface area (Å²) in [7, 11) is 0. The van der Waals surface area contributed by atoms with Crippen molar-refractivity contribution < 1.29 is 4.79 Å². The van der Waals surface area contributed by atoms with Gasteiger partial charge in [0.1, 0.15) is 5.56 Å². The van der Waals surface area contributed by atoms with Crippen molar-refractivity contribution in [2.75, 3.05) is 0 Å². The first-order valence-corrected chi connectivity index (χ1v) is 7.65. The van der Waals surface area contributed by atoms with Gasteiger partial charge in [-0.15, -0.1) is 0 Å². The van der Waals surface area contributed by atoms with Crippen LogP contribution in [-0.4, -0.2) is 20.5 Å². The number of nitrogens with zero attached hydrogens (tertiary/aromatic N) is 3. The van der Waals surface area contributed by atoms with Crippen molar-refractivity contribution in [3.8, 4) is 0 Å². The second-order valence-electron chi connectivity index (χ2n) is 5.94. The maximum Gasteiger partial charge on any atom is 0.257 e. The summed E-state index contributed by atoms with van der Waals surface area (Å²) in [5, 5.41) is 7.28. The lowest BCUT2D eigenvalue weighted by molar-refractivity contribution is 0.0941. The van der Waals surface area contributed by atoms with Gasteiger partial charge < -0.3 is 5.32 Å². The highest BCUT2D eigenvalue weighted by molar-refractivity contribution is 5.99. The third-order valence-electron chi connectivity index (χ3n) is 3.95. The highest BCUT2D eigenvalue weighted by Crippen LogP contribution is 2.16. The summed E-state index contributed by atoms with van der Waals surface area (Å²) in [5.41, 5.74) is 5.19. The zero-order valence-electron chi connectivity index (χ0n) is 13.8. The number of aromatic nitrogens is 3. The number of hydrogen-bond acceptors (Lipinski definition) is 3. The molecule has 1 aromatic carbocycles. The fraction of sp³-hybridized carbons (Fsp3) is 0.278. The molecule has 1 unspecified atom stereocenters. The highest BCUT2D eigenvalue weighted by atomic mass is 16.1. The second-order valence-corrected chi connectivity index (χ2v) is 5.94. The molecule has 3 rings (SSSR count). The molecule has 1 atom stereocenters. The molecule has 2 aromatic heterocycles. The third kappa shape index (κ3) is 2.95. The van der Waals surface area contributed by atoms with Gasteiger partial charge in [-0.3, -0.25) is 4.79 Å². The first-order valence-electron chi connectivity index (χ1n) is 7.65. The zero-order valence-corrected chi connectivity index (χ0v) is 13.8. The van der Waals surface area contributed by atoms with Crippen LogP contribution in [0.4, 0.5) is 0 Å². The minimum atomic E-state index is -0.162. The number of carbonyl (C=O) groups is 1. The van der Waals surface area contributed by atoms with Crippen LogP contribution in [0.15, 0.2) is 36.5 Å². The Hall–Kier alpha value is -2.69. The van der Waals surface area contributed by atoms with Gasteiger partial charge in [0.15, 0.2) is 5.65 Å². The smallest absolute Gasteiger partial charge is 0.257 e. The first kappa shape index (κ1) is 15.2. The van der Waals surface area contributed by atoms with Crippen LogP contribution in [-0.2, 0) is 0 Å². The van der Waals surface area contributed by atoms with Crippen LogP contribution in [0.2, 0.25) is 0 Å². The number of amides is 1. The Kier molecular flexibility index (Phi) is 3.86. The first-order chi connectivity index (χ1) is 11.0. The van der Waals surface area contributed by atoms with Crippen LogP contribution in [0.1, 0.15) is 45.8 Å². The van der Waals surface area contributed by atoms with Crippen molar-refractivity contribution in [2.45, 2.75) is 33.7 Å². The molecule has 1 N–H and O–H groups in total. The molecular weight excluding hydrogens is 288 g/mol. The minimum absolute atomic E-state index is 0.0797. The van der Waals surface area contributed by atoms with Crippen LogP contribution in [0.3, 0.4) is 0 Å². The van der Waals surface area contributed by atoms with Gasteiger partial charge in [-0.05, 0) is 39.3 Å². The Labute approximate surface area is 135 Å². The SMILES string of the molecule is Cc1ccc(C(C)NC(=O)c2cnn3c(C)cc(C)nc23)cc1. The predicted molar refractivity (Wildman–Crippen MR) is 89.5 cm³/mol. The van der Waals surface area contributed by atoms with Crippen LogP contribution in [0.25, 0.3) is 5.65 Å². The molecule has 5 nitrogen and oxygen atoms in total. The molecule has 2 heterocycles. The fourth-order valence-corrected chi connectivity index (χ4v) is 2.64. The number of benzene rings is 1. The largest absolute Gasteiger partial charge is 0.345 e. The minimum Gasteiger partial charge on any atom is -0.345 e. The van der Waals surface area contributed by atoms with Gasteiger partial charge in [-0.25, -0.2) is 9.50 Å². The Bertz CT molecular complexity index is 865. The molecule has 118 valence electrons. The zero-order chi connectivity index (χ0) is 16.6. The number of carbonyl (C=O) groups excluding carboxylic acids is 1. The molecule has 0 saturated heterocycles. The fourth-order valence-electron chi connectivity index (χ4n) is 2.64.